The maximum Gasteiger partial charge on any atom is 0.263 e. The third-order valence-electron chi connectivity index (χ3n) is 3.74. The molecule has 0 fully saturated rings. The Morgan fingerprint density at radius 3 is 2.88 bits per heavy atom. The van der Waals surface area contributed by atoms with Crippen LogP contribution in [-0.2, 0) is 22.9 Å². The van der Waals surface area contributed by atoms with Crippen LogP contribution in [0.5, 0.6) is 0 Å². The number of rotatable bonds is 7. The Morgan fingerprint density at radius 1 is 1.35 bits per heavy atom. The summed E-state index contributed by atoms with van der Waals surface area (Å²) in [5, 5.41) is 19.1. The smallest absolute Gasteiger partial charge is 0.263 e. The average molecular weight is 413 g/mol. The summed E-state index contributed by atoms with van der Waals surface area (Å²) in [5.74, 6) is 0. The molecular formula is C16H17ClN4O3S2. The zero-order valence-electron chi connectivity index (χ0n) is 13.8. The Kier molecular flexibility index (Phi) is 5.61. The molecule has 1 atom stereocenters. The second kappa shape index (κ2) is 7.75. The number of hydrogen-bond donors (Lipinski definition) is 3. The van der Waals surface area contributed by atoms with E-state index in [9.17, 15) is 13.5 Å². The highest BCUT2D eigenvalue weighted by atomic mass is 35.5. The third-order valence-corrected chi connectivity index (χ3v) is 6.57. The van der Waals surface area contributed by atoms with Crippen molar-refractivity contribution < 1.29 is 13.5 Å². The van der Waals surface area contributed by atoms with E-state index in [0.717, 1.165) is 5.69 Å². The Hall–Kier alpha value is -1.94. The lowest BCUT2D eigenvalue weighted by Crippen LogP contribution is -2.16. The predicted molar refractivity (Wildman–Crippen MR) is 101 cm³/mol. The molecule has 2 heterocycles. The van der Waals surface area contributed by atoms with Crippen molar-refractivity contribution in [3.05, 3.63) is 57.8 Å². The fourth-order valence-corrected chi connectivity index (χ4v) is 4.94. The van der Waals surface area contributed by atoms with Crippen LogP contribution in [0.2, 0.25) is 5.02 Å². The van der Waals surface area contributed by atoms with Crippen molar-refractivity contribution in [3.63, 3.8) is 0 Å². The number of nitrogens with one attached hydrogen (secondary N) is 2. The Morgan fingerprint density at radius 2 is 2.15 bits per heavy atom. The number of sulfonamides is 1. The predicted octanol–water partition coefficient (Wildman–Crippen LogP) is 2.77. The third kappa shape index (κ3) is 4.42. The van der Waals surface area contributed by atoms with Gasteiger partial charge in [0.2, 0.25) is 0 Å². The van der Waals surface area contributed by atoms with Crippen molar-refractivity contribution in [2.45, 2.75) is 30.8 Å². The maximum atomic E-state index is 12.6. The first-order valence-electron chi connectivity index (χ1n) is 7.74. The van der Waals surface area contributed by atoms with Gasteiger partial charge < -0.3 is 5.11 Å². The van der Waals surface area contributed by atoms with Crippen molar-refractivity contribution >= 4 is 38.1 Å². The fourth-order valence-electron chi connectivity index (χ4n) is 2.46. The largest absolute Gasteiger partial charge is 0.392 e. The minimum atomic E-state index is -3.78. The maximum absolute atomic E-state index is 12.6. The van der Waals surface area contributed by atoms with Gasteiger partial charge in [0.1, 0.15) is 0 Å². The van der Waals surface area contributed by atoms with Gasteiger partial charge in [-0.1, -0.05) is 17.7 Å². The SMILES string of the molecule is Cc1c(Cl)cccc1S(=O)(=O)Nc1nc(CC(O)Cc2ccn[nH]2)cs1. The molecule has 0 bridgehead atoms. The molecule has 3 aromatic rings. The first-order valence-corrected chi connectivity index (χ1v) is 10.5. The van der Waals surface area contributed by atoms with Gasteiger partial charge in [0, 0.05) is 35.1 Å². The average Bonchev–Trinajstić information content (AvgIpc) is 3.21. The van der Waals surface area contributed by atoms with Crippen LogP contribution < -0.4 is 4.72 Å². The summed E-state index contributed by atoms with van der Waals surface area (Å²) in [5.41, 5.74) is 1.92. The first-order chi connectivity index (χ1) is 12.3. The normalized spacial score (nSPS) is 12.9. The molecule has 26 heavy (non-hydrogen) atoms. The quantitative estimate of drug-likeness (QED) is 0.553. The molecule has 1 aromatic carbocycles. The second-order valence-electron chi connectivity index (χ2n) is 5.76. The van der Waals surface area contributed by atoms with E-state index in [1.807, 2.05) is 0 Å². The zero-order chi connectivity index (χ0) is 18.7. The molecule has 0 aliphatic rings. The van der Waals surface area contributed by atoms with Gasteiger partial charge >= 0.3 is 0 Å². The van der Waals surface area contributed by atoms with E-state index in [-0.39, 0.29) is 10.0 Å². The van der Waals surface area contributed by atoms with E-state index in [0.29, 0.717) is 29.1 Å². The van der Waals surface area contributed by atoms with E-state index in [4.69, 9.17) is 11.6 Å². The molecule has 0 amide bonds. The van der Waals surface area contributed by atoms with Gasteiger partial charge in [0.25, 0.3) is 10.0 Å². The Balaban J connectivity index is 1.68. The van der Waals surface area contributed by atoms with E-state index >= 15 is 0 Å². The molecular weight excluding hydrogens is 396 g/mol. The Bertz CT molecular complexity index is 987. The number of nitrogens with zero attached hydrogens (tertiary/aromatic N) is 2. The lowest BCUT2D eigenvalue weighted by molar-refractivity contribution is 0.173. The van der Waals surface area contributed by atoms with Crippen molar-refractivity contribution in [1.82, 2.24) is 15.2 Å². The van der Waals surface area contributed by atoms with Crippen LogP contribution in [0.3, 0.4) is 0 Å². The van der Waals surface area contributed by atoms with Crippen LogP contribution in [0.15, 0.2) is 40.7 Å². The van der Waals surface area contributed by atoms with Crippen molar-refractivity contribution in [1.29, 1.82) is 0 Å². The molecule has 0 aliphatic heterocycles. The van der Waals surface area contributed by atoms with Crippen LogP contribution in [0, 0.1) is 6.92 Å². The zero-order valence-corrected chi connectivity index (χ0v) is 16.2. The molecule has 10 heteroatoms. The van der Waals surface area contributed by atoms with E-state index in [2.05, 4.69) is 19.9 Å². The Labute approximate surface area is 160 Å². The minimum Gasteiger partial charge on any atom is -0.392 e. The van der Waals surface area contributed by atoms with E-state index < -0.39 is 16.1 Å². The molecule has 0 saturated carbocycles. The first kappa shape index (κ1) is 18.8. The minimum absolute atomic E-state index is 0.112. The number of aromatic nitrogens is 3. The van der Waals surface area contributed by atoms with Gasteiger partial charge in [-0.15, -0.1) is 11.3 Å². The van der Waals surface area contributed by atoms with E-state index in [1.54, 1.807) is 36.7 Å². The molecule has 0 radical (unpaired) electrons. The molecule has 0 saturated heterocycles. The van der Waals surface area contributed by atoms with Crippen molar-refractivity contribution in [2.24, 2.45) is 0 Å². The number of aliphatic hydroxyl groups is 1. The number of aromatic amines is 1. The highest BCUT2D eigenvalue weighted by molar-refractivity contribution is 7.93. The number of thiazole rings is 1. The highest BCUT2D eigenvalue weighted by Crippen LogP contribution is 2.26. The highest BCUT2D eigenvalue weighted by Gasteiger charge is 2.20. The fraction of sp³-hybridized carbons (Fsp3) is 0.250. The van der Waals surface area contributed by atoms with Crippen LogP contribution in [0.4, 0.5) is 5.13 Å². The summed E-state index contributed by atoms with van der Waals surface area (Å²) >= 11 is 7.17. The monoisotopic (exact) mass is 412 g/mol. The topological polar surface area (TPSA) is 108 Å². The second-order valence-corrected chi connectivity index (χ2v) is 8.67. The van der Waals surface area contributed by atoms with Gasteiger partial charge in [-0.05, 0) is 30.7 Å². The van der Waals surface area contributed by atoms with Gasteiger partial charge in [-0.2, -0.15) is 5.10 Å². The van der Waals surface area contributed by atoms with Gasteiger partial charge in [0.05, 0.1) is 16.7 Å². The molecule has 3 N–H and O–H groups in total. The number of halogens is 1. The number of benzene rings is 1. The summed E-state index contributed by atoms with van der Waals surface area (Å²) < 4.78 is 27.6. The number of aliphatic hydroxyl groups excluding tert-OH is 1. The summed E-state index contributed by atoms with van der Waals surface area (Å²) in [6, 6.07) is 6.50. The van der Waals surface area contributed by atoms with Gasteiger partial charge in [-0.3, -0.25) is 9.82 Å². The molecule has 1 unspecified atom stereocenters. The molecule has 2 aromatic heterocycles. The molecule has 0 aliphatic carbocycles. The van der Waals surface area contributed by atoms with Gasteiger partial charge in [-0.25, -0.2) is 13.4 Å². The van der Waals surface area contributed by atoms with Crippen LogP contribution in [0.1, 0.15) is 17.0 Å². The molecule has 7 nitrogen and oxygen atoms in total. The molecule has 138 valence electrons. The summed E-state index contributed by atoms with van der Waals surface area (Å²) in [6.07, 6.45) is 1.71. The summed E-state index contributed by atoms with van der Waals surface area (Å²) in [7, 11) is -3.78. The standard InChI is InChI=1S/C16H17ClN4O3S2/c1-10-14(17)3-2-4-15(10)26(23,24)21-16-19-12(9-25-16)8-13(22)7-11-5-6-18-20-11/h2-6,9,13,22H,7-8H2,1H3,(H,18,20)(H,19,21). The lowest BCUT2D eigenvalue weighted by atomic mass is 10.1. The van der Waals surface area contributed by atoms with Crippen LogP contribution in [0.25, 0.3) is 0 Å². The van der Waals surface area contributed by atoms with Crippen LogP contribution in [-0.4, -0.2) is 34.8 Å². The van der Waals surface area contributed by atoms with Gasteiger partial charge in [0.15, 0.2) is 5.13 Å². The van der Waals surface area contributed by atoms with E-state index in [1.165, 1.54) is 17.4 Å². The number of H-pyrrole nitrogens is 1. The summed E-state index contributed by atoms with van der Waals surface area (Å²) in [4.78, 5) is 4.36. The van der Waals surface area contributed by atoms with Crippen molar-refractivity contribution in [3.8, 4) is 0 Å². The lowest BCUT2D eigenvalue weighted by Gasteiger charge is -2.09. The molecule has 0 spiro atoms. The van der Waals surface area contributed by atoms with Crippen molar-refractivity contribution in [2.75, 3.05) is 4.72 Å². The number of anilines is 1. The van der Waals surface area contributed by atoms with Crippen LogP contribution >= 0.6 is 22.9 Å². The molecule has 3 rings (SSSR count). The number of hydrogen-bond acceptors (Lipinski definition) is 6. The summed E-state index contributed by atoms with van der Waals surface area (Å²) in [6.45, 7) is 1.65.